The van der Waals surface area contributed by atoms with Crippen molar-refractivity contribution in [3.05, 3.63) is 33.9 Å². The van der Waals surface area contributed by atoms with Gasteiger partial charge in [-0.25, -0.2) is 0 Å². The minimum absolute atomic E-state index is 0.0874. The van der Waals surface area contributed by atoms with E-state index in [1.807, 2.05) is 6.07 Å². The molecule has 1 rings (SSSR count). The average Bonchev–Trinajstić information content (AvgIpc) is 2.44. The summed E-state index contributed by atoms with van der Waals surface area (Å²) < 4.78 is 0. The normalized spacial score (nSPS) is 10.8. The third-order valence-corrected chi connectivity index (χ3v) is 3.18. The number of rotatable bonds is 9. The molecule has 0 atom stereocenters. The summed E-state index contributed by atoms with van der Waals surface area (Å²) in [7, 11) is 1.67. The lowest BCUT2D eigenvalue weighted by molar-refractivity contribution is -0.384. The Morgan fingerprint density at radius 1 is 1.40 bits per heavy atom. The van der Waals surface area contributed by atoms with Crippen LogP contribution in [-0.4, -0.2) is 41.7 Å². The van der Waals surface area contributed by atoms with Gasteiger partial charge in [-0.15, -0.1) is 0 Å². The molecule has 0 aliphatic rings. The monoisotopic (exact) mass is 281 g/mol. The van der Waals surface area contributed by atoms with Gasteiger partial charge in [0.25, 0.3) is 5.69 Å². The molecule has 0 saturated heterocycles. The molecule has 6 nitrogen and oxygen atoms in total. The molecular formula is C14H23N3O3. The SMILES string of the molecule is CCCCN(CCO)Cc1ccc(NC)c([N+](=O)[O-])c1. The molecule has 0 heterocycles. The lowest BCUT2D eigenvalue weighted by Crippen LogP contribution is -2.27. The van der Waals surface area contributed by atoms with E-state index >= 15 is 0 Å². The van der Waals surface area contributed by atoms with Gasteiger partial charge in [-0.1, -0.05) is 19.4 Å². The first-order valence-electron chi connectivity index (χ1n) is 6.90. The Labute approximate surface area is 119 Å². The number of anilines is 1. The topological polar surface area (TPSA) is 78.6 Å². The van der Waals surface area contributed by atoms with E-state index in [2.05, 4.69) is 17.1 Å². The van der Waals surface area contributed by atoms with Crippen LogP contribution in [0.25, 0.3) is 0 Å². The molecule has 0 fully saturated rings. The fourth-order valence-corrected chi connectivity index (χ4v) is 2.09. The van der Waals surface area contributed by atoms with Crippen molar-refractivity contribution in [3.63, 3.8) is 0 Å². The Hall–Kier alpha value is -1.66. The first kappa shape index (κ1) is 16.4. The van der Waals surface area contributed by atoms with Crippen LogP contribution in [0.3, 0.4) is 0 Å². The van der Waals surface area contributed by atoms with Gasteiger partial charge in [0.2, 0.25) is 0 Å². The molecule has 112 valence electrons. The van der Waals surface area contributed by atoms with Gasteiger partial charge < -0.3 is 10.4 Å². The van der Waals surface area contributed by atoms with Crippen molar-refractivity contribution < 1.29 is 10.0 Å². The van der Waals surface area contributed by atoms with Gasteiger partial charge >= 0.3 is 0 Å². The number of nitro groups is 1. The Morgan fingerprint density at radius 2 is 2.15 bits per heavy atom. The van der Waals surface area contributed by atoms with Crippen molar-refractivity contribution >= 4 is 11.4 Å². The second-order valence-electron chi connectivity index (χ2n) is 4.71. The van der Waals surface area contributed by atoms with Gasteiger partial charge in [-0.3, -0.25) is 15.0 Å². The highest BCUT2D eigenvalue weighted by Gasteiger charge is 2.14. The summed E-state index contributed by atoms with van der Waals surface area (Å²) in [5.74, 6) is 0. The summed E-state index contributed by atoms with van der Waals surface area (Å²) in [6.07, 6.45) is 2.14. The number of aliphatic hydroxyl groups excluding tert-OH is 1. The van der Waals surface area contributed by atoms with E-state index in [0.29, 0.717) is 18.8 Å². The highest BCUT2D eigenvalue weighted by Crippen LogP contribution is 2.25. The van der Waals surface area contributed by atoms with Gasteiger partial charge in [-0.2, -0.15) is 0 Å². The molecule has 0 aromatic heterocycles. The van der Waals surface area contributed by atoms with Crippen LogP contribution < -0.4 is 5.32 Å². The maximum absolute atomic E-state index is 11.0. The number of hydrogen-bond donors (Lipinski definition) is 2. The van der Waals surface area contributed by atoms with E-state index < -0.39 is 0 Å². The predicted molar refractivity (Wildman–Crippen MR) is 79.9 cm³/mol. The Bertz CT molecular complexity index is 438. The van der Waals surface area contributed by atoms with E-state index in [4.69, 9.17) is 5.11 Å². The average molecular weight is 281 g/mol. The highest BCUT2D eigenvalue weighted by molar-refractivity contribution is 5.62. The molecule has 1 aromatic carbocycles. The van der Waals surface area contributed by atoms with Gasteiger partial charge in [0, 0.05) is 26.2 Å². The zero-order valence-corrected chi connectivity index (χ0v) is 12.1. The number of nitrogens with zero attached hydrogens (tertiary/aromatic N) is 2. The molecule has 0 aliphatic heterocycles. The van der Waals surface area contributed by atoms with Crippen LogP contribution in [0.15, 0.2) is 18.2 Å². The fraction of sp³-hybridized carbons (Fsp3) is 0.571. The summed E-state index contributed by atoms with van der Waals surface area (Å²) >= 11 is 0. The van der Waals surface area contributed by atoms with Crippen LogP contribution in [0.2, 0.25) is 0 Å². The number of benzene rings is 1. The molecule has 0 bridgehead atoms. The molecule has 0 aliphatic carbocycles. The minimum Gasteiger partial charge on any atom is -0.395 e. The number of nitro benzene ring substituents is 1. The first-order valence-corrected chi connectivity index (χ1v) is 6.90. The zero-order valence-electron chi connectivity index (χ0n) is 12.1. The maximum Gasteiger partial charge on any atom is 0.292 e. The standard InChI is InChI=1S/C14H23N3O3/c1-3-4-7-16(8-9-18)11-12-5-6-13(15-2)14(10-12)17(19)20/h5-6,10,15,18H,3-4,7-9,11H2,1-2H3. The highest BCUT2D eigenvalue weighted by atomic mass is 16.6. The van der Waals surface area contributed by atoms with E-state index in [9.17, 15) is 10.1 Å². The zero-order chi connectivity index (χ0) is 15.0. The van der Waals surface area contributed by atoms with E-state index in [1.54, 1.807) is 19.2 Å². The van der Waals surface area contributed by atoms with Crippen molar-refractivity contribution in [2.75, 3.05) is 32.1 Å². The predicted octanol–water partition coefficient (Wildman–Crippen LogP) is 2.23. The van der Waals surface area contributed by atoms with Crippen LogP contribution in [0.1, 0.15) is 25.3 Å². The van der Waals surface area contributed by atoms with Gasteiger partial charge in [0.15, 0.2) is 0 Å². The molecule has 0 amide bonds. The third-order valence-electron chi connectivity index (χ3n) is 3.18. The molecule has 6 heteroatoms. The number of hydrogen-bond acceptors (Lipinski definition) is 5. The van der Waals surface area contributed by atoms with Crippen LogP contribution in [0, 0.1) is 10.1 Å². The molecule has 0 unspecified atom stereocenters. The fourth-order valence-electron chi connectivity index (χ4n) is 2.09. The van der Waals surface area contributed by atoms with Gasteiger partial charge in [-0.05, 0) is 24.6 Å². The Morgan fingerprint density at radius 3 is 2.70 bits per heavy atom. The van der Waals surface area contributed by atoms with Gasteiger partial charge in [0.1, 0.15) is 5.69 Å². The molecule has 2 N–H and O–H groups in total. The number of aliphatic hydroxyl groups is 1. The molecule has 0 radical (unpaired) electrons. The Kier molecular flexibility index (Phi) is 6.97. The number of nitrogens with one attached hydrogen (secondary N) is 1. The summed E-state index contributed by atoms with van der Waals surface area (Å²) in [5, 5.41) is 22.9. The Balaban J connectivity index is 2.84. The third kappa shape index (κ3) is 4.79. The largest absolute Gasteiger partial charge is 0.395 e. The van der Waals surface area contributed by atoms with Crippen molar-refractivity contribution in [2.24, 2.45) is 0 Å². The summed E-state index contributed by atoms with van der Waals surface area (Å²) in [4.78, 5) is 12.8. The van der Waals surface area contributed by atoms with Crippen molar-refractivity contribution in [2.45, 2.75) is 26.3 Å². The molecule has 20 heavy (non-hydrogen) atoms. The van der Waals surface area contributed by atoms with Crippen LogP contribution in [-0.2, 0) is 6.54 Å². The molecular weight excluding hydrogens is 258 g/mol. The second kappa shape index (κ2) is 8.50. The van der Waals surface area contributed by atoms with Gasteiger partial charge in [0.05, 0.1) is 11.5 Å². The van der Waals surface area contributed by atoms with Crippen molar-refractivity contribution in [1.29, 1.82) is 0 Å². The lowest BCUT2D eigenvalue weighted by Gasteiger charge is -2.21. The van der Waals surface area contributed by atoms with E-state index in [-0.39, 0.29) is 17.2 Å². The van der Waals surface area contributed by atoms with Crippen LogP contribution >= 0.6 is 0 Å². The lowest BCUT2D eigenvalue weighted by atomic mass is 10.1. The smallest absolute Gasteiger partial charge is 0.292 e. The van der Waals surface area contributed by atoms with Crippen molar-refractivity contribution in [1.82, 2.24) is 4.90 Å². The summed E-state index contributed by atoms with van der Waals surface area (Å²) in [5.41, 5.74) is 1.49. The molecule has 0 saturated carbocycles. The summed E-state index contributed by atoms with van der Waals surface area (Å²) in [6, 6.07) is 5.21. The number of unbranched alkanes of at least 4 members (excludes halogenated alkanes) is 1. The molecule has 1 aromatic rings. The van der Waals surface area contributed by atoms with E-state index in [1.165, 1.54) is 0 Å². The van der Waals surface area contributed by atoms with Crippen LogP contribution in [0.5, 0.6) is 0 Å². The molecule has 0 spiro atoms. The second-order valence-corrected chi connectivity index (χ2v) is 4.71. The minimum atomic E-state index is -0.377. The van der Waals surface area contributed by atoms with Crippen molar-refractivity contribution in [3.8, 4) is 0 Å². The van der Waals surface area contributed by atoms with Crippen LogP contribution in [0.4, 0.5) is 11.4 Å². The quantitative estimate of drug-likeness (QED) is 0.536. The first-order chi connectivity index (χ1) is 9.62. The summed E-state index contributed by atoms with van der Waals surface area (Å²) in [6.45, 7) is 4.30. The van der Waals surface area contributed by atoms with E-state index in [0.717, 1.165) is 24.9 Å². The maximum atomic E-state index is 11.0.